The molecular formula is C10H19NO. The predicted octanol–water partition coefficient (Wildman–Crippen LogP) is 1.56. The molecule has 0 aromatic heterocycles. The molecule has 0 spiro atoms. The molecule has 12 heavy (non-hydrogen) atoms. The maximum absolute atomic E-state index is 5.75. The molecule has 0 bridgehead atoms. The first-order valence-electron chi connectivity index (χ1n) is 5.27. The first-order chi connectivity index (χ1) is 5.95. The van der Waals surface area contributed by atoms with Gasteiger partial charge in [0.05, 0.1) is 6.10 Å². The first-order valence-corrected chi connectivity index (χ1v) is 5.27. The van der Waals surface area contributed by atoms with Gasteiger partial charge in [0.15, 0.2) is 0 Å². The van der Waals surface area contributed by atoms with E-state index in [-0.39, 0.29) is 0 Å². The van der Waals surface area contributed by atoms with Crippen molar-refractivity contribution in [1.82, 2.24) is 5.32 Å². The van der Waals surface area contributed by atoms with Crippen molar-refractivity contribution in [2.75, 3.05) is 19.7 Å². The Labute approximate surface area is 74.7 Å². The highest BCUT2D eigenvalue weighted by Crippen LogP contribution is 2.29. The summed E-state index contributed by atoms with van der Waals surface area (Å²) >= 11 is 0. The zero-order valence-corrected chi connectivity index (χ0v) is 7.72. The third-order valence-electron chi connectivity index (χ3n) is 3.12. The van der Waals surface area contributed by atoms with Crippen LogP contribution in [0.3, 0.4) is 0 Å². The van der Waals surface area contributed by atoms with E-state index >= 15 is 0 Å². The van der Waals surface area contributed by atoms with Crippen molar-refractivity contribution in [3.8, 4) is 0 Å². The van der Waals surface area contributed by atoms with Gasteiger partial charge in [-0.05, 0) is 25.3 Å². The molecule has 0 aromatic rings. The Morgan fingerprint density at radius 1 is 1.25 bits per heavy atom. The Morgan fingerprint density at radius 2 is 2.17 bits per heavy atom. The predicted molar refractivity (Wildman–Crippen MR) is 49.2 cm³/mol. The molecule has 2 rings (SSSR count). The maximum atomic E-state index is 5.75. The molecule has 0 aromatic carbocycles. The summed E-state index contributed by atoms with van der Waals surface area (Å²) in [4.78, 5) is 0. The molecule has 2 heteroatoms. The molecule has 1 atom stereocenters. The largest absolute Gasteiger partial charge is 0.377 e. The minimum Gasteiger partial charge on any atom is -0.377 e. The lowest BCUT2D eigenvalue weighted by Gasteiger charge is -2.25. The second-order valence-electron chi connectivity index (χ2n) is 4.07. The summed E-state index contributed by atoms with van der Waals surface area (Å²) in [6, 6.07) is 0. The summed E-state index contributed by atoms with van der Waals surface area (Å²) in [6.07, 6.45) is 7.39. The van der Waals surface area contributed by atoms with Gasteiger partial charge in [0.2, 0.25) is 0 Å². The minimum atomic E-state index is 0.519. The summed E-state index contributed by atoms with van der Waals surface area (Å²) in [5.74, 6) is 0.999. The summed E-state index contributed by atoms with van der Waals surface area (Å²) in [5.41, 5.74) is 0. The Morgan fingerprint density at radius 3 is 2.75 bits per heavy atom. The highest BCUT2D eigenvalue weighted by molar-refractivity contribution is 4.72. The molecule has 1 heterocycles. The molecule has 70 valence electrons. The lowest BCUT2D eigenvalue weighted by atomic mass is 9.83. The number of ether oxygens (including phenoxy) is 1. The Hall–Kier alpha value is -0.0800. The quantitative estimate of drug-likeness (QED) is 0.689. The van der Waals surface area contributed by atoms with E-state index in [0.29, 0.717) is 6.10 Å². The number of nitrogens with one attached hydrogen (secondary N) is 1. The maximum Gasteiger partial charge on any atom is 0.0711 e. The van der Waals surface area contributed by atoms with Crippen molar-refractivity contribution in [2.24, 2.45) is 5.92 Å². The SMILES string of the molecule is C1CC(CCOC2CCNC2)C1. The van der Waals surface area contributed by atoms with Gasteiger partial charge in [0.25, 0.3) is 0 Å². The van der Waals surface area contributed by atoms with Crippen LogP contribution in [0.15, 0.2) is 0 Å². The minimum absolute atomic E-state index is 0.519. The molecule has 2 aliphatic rings. The highest BCUT2D eigenvalue weighted by Gasteiger charge is 2.19. The van der Waals surface area contributed by atoms with Gasteiger partial charge in [-0.1, -0.05) is 19.3 Å². The van der Waals surface area contributed by atoms with Gasteiger partial charge >= 0.3 is 0 Å². The normalized spacial score (nSPS) is 30.5. The highest BCUT2D eigenvalue weighted by atomic mass is 16.5. The van der Waals surface area contributed by atoms with Crippen LogP contribution in [-0.4, -0.2) is 25.8 Å². The summed E-state index contributed by atoms with van der Waals surface area (Å²) in [6.45, 7) is 3.22. The van der Waals surface area contributed by atoms with E-state index in [1.165, 1.54) is 32.1 Å². The second kappa shape index (κ2) is 4.24. The van der Waals surface area contributed by atoms with E-state index in [4.69, 9.17) is 4.74 Å². The van der Waals surface area contributed by atoms with E-state index in [2.05, 4.69) is 5.32 Å². The van der Waals surface area contributed by atoms with Gasteiger partial charge in [0, 0.05) is 13.2 Å². The van der Waals surface area contributed by atoms with Crippen molar-refractivity contribution < 1.29 is 4.74 Å². The van der Waals surface area contributed by atoms with Crippen molar-refractivity contribution in [3.05, 3.63) is 0 Å². The first kappa shape index (κ1) is 8.52. The van der Waals surface area contributed by atoms with Gasteiger partial charge in [0.1, 0.15) is 0 Å². The van der Waals surface area contributed by atoms with Crippen LogP contribution in [-0.2, 0) is 4.74 Å². The Kier molecular flexibility index (Phi) is 3.01. The monoisotopic (exact) mass is 169 g/mol. The average Bonchev–Trinajstić information content (AvgIpc) is 2.46. The zero-order valence-electron chi connectivity index (χ0n) is 7.72. The van der Waals surface area contributed by atoms with Crippen molar-refractivity contribution in [1.29, 1.82) is 0 Å². The molecular weight excluding hydrogens is 150 g/mol. The average molecular weight is 169 g/mol. The molecule has 0 amide bonds. The number of rotatable bonds is 4. The number of hydrogen-bond donors (Lipinski definition) is 1. The van der Waals surface area contributed by atoms with E-state index in [0.717, 1.165) is 25.6 Å². The van der Waals surface area contributed by atoms with Crippen molar-refractivity contribution in [2.45, 2.75) is 38.2 Å². The number of hydrogen-bond acceptors (Lipinski definition) is 2. The summed E-state index contributed by atoms with van der Waals surface area (Å²) < 4.78 is 5.75. The molecule has 1 saturated heterocycles. The third kappa shape index (κ3) is 2.20. The van der Waals surface area contributed by atoms with Gasteiger partial charge < -0.3 is 10.1 Å². The van der Waals surface area contributed by atoms with E-state index in [9.17, 15) is 0 Å². The smallest absolute Gasteiger partial charge is 0.0711 e. The molecule has 1 aliphatic heterocycles. The van der Waals surface area contributed by atoms with E-state index in [1.54, 1.807) is 0 Å². The van der Waals surface area contributed by atoms with Crippen LogP contribution < -0.4 is 5.32 Å². The zero-order chi connectivity index (χ0) is 8.23. The molecule has 1 unspecified atom stereocenters. The fourth-order valence-electron chi connectivity index (χ4n) is 1.95. The van der Waals surface area contributed by atoms with Crippen LogP contribution in [0.2, 0.25) is 0 Å². The van der Waals surface area contributed by atoms with Crippen LogP contribution in [0.4, 0.5) is 0 Å². The molecule has 1 saturated carbocycles. The van der Waals surface area contributed by atoms with Crippen LogP contribution >= 0.6 is 0 Å². The molecule has 1 aliphatic carbocycles. The van der Waals surface area contributed by atoms with Gasteiger partial charge in [-0.3, -0.25) is 0 Å². The summed E-state index contributed by atoms with van der Waals surface area (Å²) in [5, 5.41) is 3.31. The van der Waals surface area contributed by atoms with Crippen LogP contribution in [0.1, 0.15) is 32.1 Å². The Balaban J connectivity index is 1.49. The van der Waals surface area contributed by atoms with Crippen molar-refractivity contribution >= 4 is 0 Å². The molecule has 2 fully saturated rings. The van der Waals surface area contributed by atoms with Crippen LogP contribution in [0.5, 0.6) is 0 Å². The lowest BCUT2D eigenvalue weighted by Crippen LogP contribution is -2.20. The summed E-state index contributed by atoms with van der Waals surface area (Å²) in [7, 11) is 0. The standard InChI is InChI=1S/C10H19NO/c1-2-9(3-1)5-7-12-10-4-6-11-8-10/h9-11H,1-8H2. The fraction of sp³-hybridized carbons (Fsp3) is 1.00. The van der Waals surface area contributed by atoms with Gasteiger partial charge in [-0.2, -0.15) is 0 Å². The molecule has 2 nitrogen and oxygen atoms in total. The third-order valence-corrected chi connectivity index (χ3v) is 3.12. The van der Waals surface area contributed by atoms with Crippen molar-refractivity contribution in [3.63, 3.8) is 0 Å². The van der Waals surface area contributed by atoms with E-state index in [1.807, 2.05) is 0 Å². The molecule has 0 radical (unpaired) electrons. The fourth-order valence-corrected chi connectivity index (χ4v) is 1.95. The molecule has 1 N–H and O–H groups in total. The van der Waals surface area contributed by atoms with Gasteiger partial charge in [-0.25, -0.2) is 0 Å². The lowest BCUT2D eigenvalue weighted by molar-refractivity contribution is 0.0501. The van der Waals surface area contributed by atoms with Crippen LogP contribution in [0, 0.1) is 5.92 Å². The van der Waals surface area contributed by atoms with E-state index < -0.39 is 0 Å². The second-order valence-corrected chi connectivity index (χ2v) is 4.07. The van der Waals surface area contributed by atoms with Gasteiger partial charge in [-0.15, -0.1) is 0 Å². The topological polar surface area (TPSA) is 21.3 Å². The Bertz CT molecular complexity index is 128. The van der Waals surface area contributed by atoms with Crippen LogP contribution in [0.25, 0.3) is 0 Å².